The first kappa shape index (κ1) is 19.3. The Labute approximate surface area is 171 Å². The Balaban J connectivity index is 1.37. The molecule has 29 heavy (non-hydrogen) atoms. The Morgan fingerprint density at radius 3 is 2.34 bits per heavy atom. The van der Waals surface area contributed by atoms with Crippen molar-refractivity contribution in [3.63, 3.8) is 0 Å². The Morgan fingerprint density at radius 1 is 1.00 bits per heavy atom. The van der Waals surface area contributed by atoms with E-state index in [9.17, 15) is 9.59 Å². The van der Waals surface area contributed by atoms with E-state index in [0.29, 0.717) is 19.6 Å². The smallest absolute Gasteiger partial charge is 0.228 e. The van der Waals surface area contributed by atoms with Crippen molar-refractivity contribution in [2.45, 2.75) is 13.3 Å². The monoisotopic (exact) mass is 393 g/mol. The number of benzene rings is 2. The van der Waals surface area contributed by atoms with Gasteiger partial charge in [-0.1, -0.05) is 18.2 Å². The average Bonchev–Trinajstić information content (AvgIpc) is 3.15. The summed E-state index contributed by atoms with van der Waals surface area (Å²) in [5.74, 6) is 0.583. The predicted molar refractivity (Wildman–Crippen MR) is 113 cm³/mol. The lowest BCUT2D eigenvalue weighted by atomic mass is 10.1. The Bertz CT molecular complexity index is 888. The van der Waals surface area contributed by atoms with Gasteiger partial charge in [0.15, 0.2) is 0 Å². The first-order valence-electron chi connectivity index (χ1n) is 10.1. The van der Waals surface area contributed by atoms with E-state index in [0.717, 1.165) is 24.5 Å². The van der Waals surface area contributed by atoms with Gasteiger partial charge in [0.25, 0.3) is 0 Å². The number of amides is 2. The fourth-order valence-corrected chi connectivity index (χ4v) is 4.23. The number of hydrogen-bond donors (Lipinski definition) is 0. The molecule has 2 aromatic rings. The number of nitrogens with zero attached hydrogens (tertiary/aromatic N) is 3. The van der Waals surface area contributed by atoms with Gasteiger partial charge in [-0.25, -0.2) is 0 Å². The van der Waals surface area contributed by atoms with Crippen molar-refractivity contribution in [3.05, 3.63) is 54.1 Å². The van der Waals surface area contributed by atoms with Gasteiger partial charge in [0.2, 0.25) is 11.8 Å². The maximum absolute atomic E-state index is 13.0. The zero-order valence-corrected chi connectivity index (χ0v) is 17.0. The van der Waals surface area contributed by atoms with Gasteiger partial charge >= 0.3 is 0 Å². The molecule has 0 saturated carbocycles. The maximum atomic E-state index is 13.0. The van der Waals surface area contributed by atoms with Crippen LogP contribution >= 0.6 is 0 Å². The number of anilines is 2. The molecule has 2 aliphatic heterocycles. The quantitative estimate of drug-likeness (QED) is 0.802. The van der Waals surface area contributed by atoms with Crippen molar-refractivity contribution in [1.29, 1.82) is 0 Å². The number of methoxy groups -OCH3 is 1. The zero-order valence-electron chi connectivity index (χ0n) is 17.0. The first-order valence-corrected chi connectivity index (χ1v) is 10.1. The highest BCUT2D eigenvalue weighted by molar-refractivity contribution is 6.00. The van der Waals surface area contributed by atoms with Gasteiger partial charge in [-0.2, -0.15) is 0 Å². The minimum absolute atomic E-state index is 0.00654. The molecule has 0 unspecified atom stereocenters. The molecule has 1 atom stereocenters. The van der Waals surface area contributed by atoms with Gasteiger partial charge in [-0.15, -0.1) is 0 Å². The van der Waals surface area contributed by atoms with Crippen molar-refractivity contribution in [2.75, 3.05) is 49.6 Å². The maximum Gasteiger partial charge on any atom is 0.228 e. The third-order valence-electron chi connectivity index (χ3n) is 5.91. The molecule has 0 N–H and O–H groups in total. The molecule has 4 rings (SSSR count). The fourth-order valence-electron chi connectivity index (χ4n) is 4.23. The molecular formula is C23H27N3O3. The minimum atomic E-state index is -0.269. The summed E-state index contributed by atoms with van der Waals surface area (Å²) >= 11 is 0. The number of ether oxygens (including phenoxy) is 1. The zero-order chi connectivity index (χ0) is 20.4. The van der Waals surface area contributed by atoms with Crippen molar-refractivity contribution in [2.24, 2.45) is 5.92 Å². The van der Waals surface area contributed by atoms with E-state index in [2.05, 4.69) is 30.0 Å². The van der Waals surface area contributed by atoms with Crippen LogP contribution in [0.2, 0.25) is 0 Å². The molecule has 2 fully saturated rings. The van der Waals surface area contributed by atoms with E-state index >= 15 is 0 Å². The Kier molecular flexibility index (Phi) is 5.43. The molecule has 152 valence electrons. The summed E-state index contributed by atoms with van der Waals surface area (Å²) in [6.07, 6.45) is 0.281. The molecule has 0 bridgehead atoms. The molecule has 2 heterocycles. The number of piperazine rings is 1. The Morgan fingerprint density at radius 2 is 1.69 bits per heavy atom. The molecule has 6 nitrogen and oxygen atoms in total. The normalized spacial score (nSPS) is 19.6. The molecule has 0 aromatic heterocycles. The lowest BCUT2D eigenvalue weighted by molar-refractivity contribution is -0.136. The first-order chi connectivity index (χ1) is 14.1. The van der Waals surface area contributed by atoms with Gasteiger partial charge in [-0.05, 0) is 42.8 Å². The van der Waals surface area contributed by atoms with Crippen LogP contribution in [-0.2, 0) is 9.59 Å². The third-order valence-corrected chi connectivity index (χ3v) is 5.91. The predicted octanol–water partition coefficient (Wildman–Crippen LogP) is 2.71. The van der Waals surface area contributed by atoms with Crippen LogP contribution in [0, 0.1) is 12.8 Å². The van der Waals surface area contributed by atoms with Gasteiger partial charge < -0.3 is 19.4 Å². The largest absolute Gasteiger partial charge is 0.497 e. The number of carbonyl (C=O) groups is 2. The number of hydrogen-bond acceptors (Lipinski definition) is 4. The molecule has 0 radical (unpaired) electrons. The highest BCUT2D eigenvalue weighted by Gasteiger charge is 2.38. The van der Waals surface area contributed by atoms with Crippen LogP contribution in [0.3, 0.4) is 0 Å². The molecular weight excluding hydrogens is 366 g/mol. The molecule has 2 amide bonds. The summed E-state index contributed by atoms with van der Waals surface area (Å²) < 4.78 is 5.18. The molecule has 0 aliphatic carbocycles. The van der Waals surface area contributed by atoms with E-state index < -0.39 is 0 Å². The lowest BCUT2D eigenvalue weighted by Gasteiger charge is -2.37. The summed E-state index contributed by atoms with van der Waals surface area (Å²) in [6.45, 7) is 5.59. The summed E-state index contributed by atoms with van der Waals surface area (Å²) in [6, 6.07) is 15.8. The summed E-state index contributed by atoms with van der Waals surface area (Å²) in [5.41, 5.74) is 3.31. The Hall–Kier alpha value is -3.02. The van der Waals surface area contributed by atoms with Crippen LogP contribution in [0.1, 0.15) is 12.0 Å². The van der Waals surface area contributed by atoms with E-state index in [4.69, 9.17) is 4.74 Å². The number of carbonyl (C=O) groups excluding carboxylic acids is 2. The SMILES string of the molecule is COc1ccc(N2C[C@H](C(=O)N3CCN(c4ccccc4C)CC3)CC2=O)cc1. The third kappa shape index (κ3) is 3.92. The number of para-hydroxylation sites is 1. The topological polar surface area (TPSA) is 53.1 Å². The van der Waals surface area contributed by atoms with E-state index in [1.807, 2.05) is 35.2 Å². The van der Waals surface area contributed by atoms with Crippen molar-refractivity contribution >= 4 is 23.2 Å². The number of aryl methyl sites for hydroxylation is 1. The molecule has 2 saturated heterocycles. The molecule has 0 spiro atoms. The number of rotatable bonds is 4. The second-order valence-corrected chi connectivity index (χ2v) is 7.70. The van der Waals surface area contributed by atoms with E-state index in [-0.39, 0.29) is 24.2 Å². The van der Waals surface area contributed by atoms with E-state index in [1.54, 1.807) is 12.0 Å². The second kappa shape index (κ2) is 8.15. The van der Waals surface area contributed by atoms with Crippen molar-refractivity contribution < 1.29 is 14.3 Å². The van der Waals surface area contributed by atoms with Gasteiger partial charge in [0, 0.05) is 50.5 Å². The van der Waals surface area contributed by atoms with Crippen LogP contribution in [-0.4, -0.2) is 56.5 Å². The van der Waals surface area contributed by atoms with Crippen LogP contribution in [0.4, 0.5) is 11.4 Å². The van der Waals surface area contributed by atoms with E-state index in [1.165, 1.54) is 11.3 Å². The minimum Gasteiger partial charge on any atom is -0.497 e. The summed E-state index contributed by atoms with van der Waals surface area (Å²) in [7, 11) is 1.61. The lowest BCUT2D eigenvalue weighted by Crippen LogP contribution is -2.50. The molecule has 6 heteroatoms. The van der Waals surface area contributed by atoms with Crippen LogP contribution in [0.5, 0.6) is 5.75 Å². The van der Waals surface area contributed by atoms with Crippen LogP contribution < -0.4 is 14.5 Å². The summed E-state index contributed by atoms with van der Waals surface area (Å²) in [4.78, 5) is 31.5. The van der Waals surface area contributed by atoms with Crippen LogP contribution in [0.25, 0.3) is 0 Å². The highest BCUT2D eigenvalue weighted by Crippen LogP contribution is 2.28. The van der Waals surface area contributed by atoms with Gasteiger partial charge in [-0.3, -0.25) is 9.59 Å². The van der Waals surface area contributed by atoms with Gasteiger partial charge in [0.05, 0.1) is 13.0 Å². The average molecular weight is 393 g/mol. The molecule has 2 aliphatic rings. The highest BCUT2D eigenvalue weighted by atomic mass is 16.5. The van der Waals surface area contributed by atoms with Crippen molar-refractivity contribution in [1.82, 2.24) is 4.90 Å². The summed E-state index contributed by atoms with van der Waals surface area (Å²) in [5, 5.41) is 0. The fraction of sp³-hybridized carbons (Fsp3) is 0.391. The van der Waals surface area contributed by atoms with Gasteiger partial charge in [0.1, 0.15) is 5.75 Å². The molecule has 2 aromatic carbocycles. The van der Waals surface area contributed by atoms with Crippen molar-refractivity contribution in [3.8, 4) is 5.75 Å². The standard InChI is InChI=1S/C23H27N3O3/c1-17-5-3-4-6-21(17)24-11-13-25(14-12-24)23(28)18-15-22(27)26(16-18)19-7-9-20(29-2)10-8-19/h3-10,18H,11-16H2,1-2H3/t18-/m1/s1. The second-order valence-electron chi connectivity index (χ2n) is 7.70. The van der Waals surface area contributed by atoms with Crippen LogP contribution in [0.15, 0.2) is 48.5 Å².